The van der Waals surface area contributed by atoms with Gasteiger partial charge in [0.25, 0.3) is 0 Å². The van der Waals surface area contributed by atoms with Gasteiger partial charge in [-0.15, -0.1) is 0 Å². The molecule has 4 rings (SSSR count). The van der Waals surface area contributed by atoms with E-state index in [1.54, 1.807) is 30.3 Å². The molecule has 172 valence electrons. The molecule has 1 unspecified atom stereocenters. The van der Waals surface area contributed by atoms with E-state index in [2.05, 4.69) is 10.3 Å². The van der Waals surface area contributed by atoms with Gasteiger partial charge in [0.2, 0.25) is 5.91 Å². The van der Waals surface area contributed by atoms with Crippen LogP contribution >= 0.6 is 0 Å². The highest BCUT2D eigenvalue weighted by Crippen LogP contribution is 2.45. The van der Waals surface area contributed by atoms with Gasteiger partial charge in [-0.1, -0.05) is 58.0 Å². The van der Waals surface area contributed by atoms with E-state index in [0.717, 1.165) is 24.2 Å². The van der Waals surface area contributed by atoms with Gasteiger partial charge in [-0.3, -0.25) is 9.79 Å². The minimum atomic E-state index is -0.528. The first-order chi connectivity index (χ1) is 15.6. The zero-order valence-corrected chi connectivity index (χ0v) is 19.8. The average Bonchev–Trinajstić information content (AvgIpc) is 3.42. The molecule has 0 saturated carbocycles. The zero-order valence-electron chi connectivity index (χ0n) is 19.8. The van der Waals surface area contributed by atoms with E-state index >= 15 is 0 Å². The van der Waals surface area contributed by atoms with Crippen LogP contribution in [0.2, 0.25) is 0 Å². The molecule has 2 aliphatic heterocycles. The number of halogens is 1. The third-order valence-corrected chi connectivity index (χ3v) is 5.68. The number of hydrogen-bond donors (Lipinski definition) is 2. The number of nitrogens with zero attached hydrogens (tertiary/aromatic N) is 2. The summed E-state index contributed by atoms with van der Waals surface area (Å²) in [5, 5.41) is 3.31. The average molecular weight is 439 g/mol. The Hall–Kier alpha value is -2.99. The van der Waals surface area contributed by atoms with Crippen molar-refractivity contribution in [3.05, 3.63) is 71.2 Å². The molecule has 5 nitrogen and oxygen atoms in total. The molecule has 3 N–H and O–H groups in total. The van der Waals surface area contributed by atoms with Crippen LogP contribution in [0, 0.1) is 5.82 Å². The van der Waals surface area contributed by atoms with Crippen molar-refractivity contribution in [3.8, 4) is 0 Å². The van der Waals surface area contributed by atoms with Gasteiger partial charge < -0.3 is 16.0 Å². The zero-order chi connectivity index (χ0) is 23.7. The fraction of sp³-hybridized carbons (Fsp3) is 0.385. The molecule has 1 amide bonds. The van der Waals surface area contributed by atoms with Crippen molar-refractivity contribution in [3.63, 3.8) is 0 Å². The molecular weight excluding hydrogens is 403 g/mol. The lowest BCUT2D eigenvalue weighted by Gasteiger charge is -2.23. The lowest BCUT2D eigenvalue weighted by Crippen LogP contribution is -2.41. The topological polar surface area (TPSA) is 70.7 Å². The third-order valence-electron chi connectivity index (χ3n) is 5.68. The summed E-state index contributed by atoms with van der Waals surface area (Å²) in [6, 6.07) is 12.8. The van der Waals surface area contributed by atoms with Crippen LogP contribution in [0.15, 0.2) is 53.7 Å². The van der Waals surface area contributed by atoms with Gasteiger partial charge in [0, 0.05) is 42.8 Å². The van der Waals surface area contributed by atoms with E-state index in [-0.39, 0.29) is 18.3 Å². The molecule has 6 heteroatoms. The lowest BCUT2D eigenvalue weighted by molar-refractivity contribution is -0.122. The lowest BCUT2D eigenvalue weighted by atomic mass is 9.81. The first-order valence-electron chi connectivity index (χ1n) is 11.4. The van der Waals surface area contributed by atoms with Gasteiger partial charge in [-0.25, -0.2) is 4.39 Å². The van der Waals surface area contributed by atoms with Crippen LogP contribution in [-0.4, -0.2) is 32.3 Å². The number of para-hydroxylation sites is 1. The molecule has 2 aromatic carbocycles. The van der Waals surface area contributed by atoms with Crippen molar-refractivity contribution >= 4 is 23.4 Å². The quantitative estimate of drug-likeness (QED) is 0.682. The molecule has 2 aromatic rings. The van der Waals surface area contributed by atoms with Crippen molar-refractivity contribution < 1.29 is 9.18 Å². The summed E-state index contributed by atoms with van der Waals surface area (Å²) in [4.78, 5) is 19.0. The smallest absolute Gasteiger partial charge is 0.239 e. The summed E-state index contributed by atoms with van der Waals surface area (Å²) in [5.74, 6) is -0.319. The van der Waals surface area contributed by atoms with E-state index in [0.29, 0.717) is 23.2 Å². The van der Waals surface area contributed by atoms with Gasteiger partial charge in [0.1, 0.15) is 5.82 Å². The number of benzene rings is 2. The van der Waals surface area contributed by atoms with Crippen molar-refractivity contribution in [2.24, 2.45) is 10.7 Å². The Morgan fingerprint density at radius 1 is 1.22 bits per heavy atom. The highest BCUT2D eigenvalue weighted by molar-refractivity contribution is 6.10. The van der Waals surface area contributed by atoms with E-state index in [1.165, 1.54) is 12.3 Å². The van der Waals surface area contributed by atoms with Gasteiger partial charge in [-0.05, 0) is 36.2 Å². The fourth-order valence-electron chi connectivity index (χ4n) is 4.24. The van der Waals surface area contributed by atoms with Crippen LogP contribution in [0.25, 0.3) is 5.57 Å². The Morgan fingerprint density at radius 2 is 1.94 bits per heavy atom. The van der Waals surface area contributed by atoms with E-state index < -0.39 is 5.41 Å². The van der Waals surface area contributed by atoms with Gasteiger partial charge in [0.15, 0.2) is 0 Å². The monoisotopic (exact) mass is 438 g/mol. The molecule has 0 bridgehead atoms. The summed E-state index contributed by atoms with van der Waals surface area (Å²) in [6.45, 7) is 9.64. The van der Waals surface area contributed by atoms with Crippen LogP contribution in [0.4, 0.5) is 10.1 Å². The minimum absolute atomic E-state index is 0.0443. The maximum absolute atomic E-state index is 14.8. The molecule has 0 radical (unpaired) electrons. The SMILES string of the molecule is CC.CC.CN=C/C(=C\N)c1ccc(CN2C(=O)C3(CCNC3)c3ccccc32)c(F)c1. The number of fused-ring (bicyclic) bond motifs is 2. The second-order valence-corrected chi connectivity index (χ2v) is 7.23. The van der Waals surface area contributed by atoms with Crippen LogP contribution < -0.4 is 16.0 Å². The molecule has 1 spiro atoms. The Kier molecular flexibility index (Phi) is 9.14. The standard InChI is InChI=1S/C22H23FN4O.2C2H6/c1-25-12-17(11-24)15-6-7-16(19(23)10-15)13-27-20-5-3-2-4-18(20)22(21(27)28)8-9-26-14-22;2*1-2/h2-7,10-12,26H,8-9,13-14,24H2,1H3;2*1-2H3/b17-11+,25-12?;;. The van der Waals surface area contributed by atoms with Crippen molar-refractivity contribution in [2.45, 2.75) is 46.1 Å². The summed E-state index contributed by atoms with van der Waals surface area (Å²) in [5.41, 5.74) is 8.77. The van der Waals surface area contributed by atoms with Crippen LogP contribution in [0.1, 0.15) is 50.8 Å². The number of nitrogens with two attached hydrogens (primary N) is 1. The van der Waals surface area contributed by atoms with Crippen molar-refractivity contribution in [1.29, 1.82) is 0 Å². The summed E-state index contributed by atoms with van der Waals surface area (Å²) in [6.07, 6.45) is 3.76. The molecule has 2 heterocycles. The van der Waals surface area contributed by atoms with Crippen LogP contribution in [0.3, 0.4) is 0 Å². The number of amides is 1. The maximum Gasteiger partial charge on any atom is 0.239 e. The number of carbonyl (C=O) groups excluding carboxylic acids is 1. The van der Waals surface area contributed by atoms with Gasteiger partial charge in [0.05, 0.1) is 12.0 Å². The molecule has 2 aliphatic rings. The third kappa shape index (κ3) is 4.60. The minimum Gasteiger partial charge on any atom is -0.404 e. The van der Waals surface area contributed by atoms with Crippen molar-refractivity contribution in [2.75, 3.05) is 25.0 Å². The normalized spacial score (nSPS) is 19.5. The first-order valence-corrected chi connectivity index (χ1v) is 11.4. The molecule has 1 saturated heterocycles. The highest BCUT2D eigenvalue weighted by Gasteiger charge is 2.52. The van der Waals surface area contributed by atoms with E-state index in [4.69, 9.17) is 5.73 Å². The second kappa shape index (κ2) is 11.6. The van der Waals surface area contributed by atoms with Gasteiger partial charge in [-0.2, -0.15) is 0 Å². The molecule has 1 fully saturated rings. The number of carbonyl (C=O) groups is 1. The van der Waals surface area contributed by atoms with Crippen molar-refractivity contribution in [1.82, 2.24) is 5.32 Å². The summed E-state index contributed by atoms with van der Waals surface area (Å²) >= 11 is 0. The number of allylic oxidation sites excluding steroid dienone is 1. The second-order valence-electron chi connectivity index (χ2n) is 7.23. The summed E-state index contributed by atoms with van der Waals surface area (Å²) < 4.78 is 14.8. The predicted molar refractivity (Wildman–Crippen MR) is 132 cm³/mol. The largest absolute Gasteiger partial charge is 0.404 e. The maximum atomic E-state index is 14.8. The number of hydrogen-bond acceptors (Lipinski definition) is 4. The van der Waals surface area contributed by atoms with Gasteiger partial charge >= 0.3 is 0 Å². The molecule has 0 aromatic heterocycles. The van der Waals surface area contributed by atoms with Crippen LogP contribution in [0.5, 0.6) is 0 Å². The Morgan fingerprint density at radius 3 is 2.53 bits per heavy atom. The molecule has 0 aliphatic carbocycles. The molecule has 32 heavy (non-hydrogen) atoms. The number of nitrogens with one attached hydrogen (secondary N) is 1. The Bertz CT molecular complexity index is 978. The summed E-state index contributed by atoms with van der Waals surface area (Å²) in [7, 11) is 1.64. The highest BCUT2D eigenvalue weighted by atomic mass is 19.1. The first kappa shape index (κ1) is 25.3. The number of aliphatic imine (C=N–C) groups is 1. The number of anilines is 1. The van der Waals surface area contributed by atoms with E-state index in [1.807, 2.05) is 52.0 Å². The Balaban J connectivity index is 0.000000860. The molecule has 1 atom stereocenters. The fourth-order valence-corrected chi connectivity index (χ4v) is 4.24. The van der Waals surface area contributed by atoms with E-state index in [9.17, 15) is 9.18 Å². The molecular formula is C26H35FN4O. The predicted octanol–water partition coefficient (Wildman–Crippen LogP) is 4.66. The Labute approximate surface area is 191 Å². The van der Waals surface area contributed by atoms with Crippen LogP contribution in [-0.2, 0) is 16.8 Å². The number of rotatable bonds is 4.